The van der Waals surface area contributed by atoms with Crippen LogP contribution in [0.3, 0.4) is 0 Å². The molecule has 3 aromatic rings. The van der Waals surface area contributed by atoms with Crippen LogP contribution in [0, 0.1) is 0 Å². The second-order valence-electron chi connectivity index (χ2n) is 9.57. The van der Waals surface area contributed by atoms with Crippen molar-refractivity contribution in [3.63, 3.8) is 0 Å². The predicted molar refractivity (Wildman–Crippen MR) is 130 cm³/mol. The highest BCUT2D eigenvalue weighted by Crippen LogP contribution is 2.54. The summed E-state index contributed by atoms with van der Waals surface area (Å²) in [4.78, 5) is 48.5. The molecule has 0 aromatic heterocycles. The van der Waals surface area contributed by atoms with E-state index >= 15 is 0 Å². The molecule has 2 amide bonds. The fourth-order valence-corrected chi connectivity index (χ4v) is 5.28. The number of ether oxygens (including phenoxy) is 1. The summed E-state index contributed by atoms with van der Waals surface area (Å²) in [6.45, 7) is 4.08. The van der Waals surface area contributed by atoms with E-state index in [-0.39, 0.29) is 18.4 Å². The minimum atomic E-state index is -0.922. The molecule has 8 nitrogen and oxygen atoms in total. The van der Waals surface area contributed by atoms with Crippen LogP contribution >= 0.6 is 0 Å². The van der Waals surface area contributed by atoms with Gasteiger partial charge in [0.05, 0.1) is 17.2 Å². The number of carbonyl (C=O) groups is 3. The molecule has 3 aliphatic rings. The van der Waals surface area contributed by atoms with E-state index in [1.165, 1.54) is 0 Å². The summed E-state index contributed by atoms with van der Waals surface area (Å²) >= 11 is 0. The minimum absolute atomic E-state index is 0.0457. The summed E-state index contributed by atoms with van der Waals surface area (Å²) in [5, 5.41) is 2.67. The Kier molecular flexibility index (Phi) is 4.36. The summed E-state index contributed by atoms with van der Waals surface area (Å²) in [6, 6.07) is 17.2. The Labute approximate surface area is 201 Å². The Morgan fingerprint density at radius 3 is 2.54 bits per heavy atom. The lowest BCUT2D eigenvalue weighted by Gasteiger charge is -2.45. The smallest absolute Gasteiger partial charge is 0.363 e. The number of aliphatic imine (C=N–C) groups is 1. The van der Waals surface area contributed by atoms with Crippen molar-refractivity contribution in [1.29, 1.82) is 0 Å². The molecule has 3 aliphatic heterocycles. The van der Waals surface area contributed by atoms with E-state index in [0.717, 1.165) is 27.7 Å². The first-order valence-electron chi connectivity index (χ1n) is 11.5. The van der Waals surface area contributed by atoms with Crippen LogP contribution in [0.25, 0.3) is 10.8 Å². The highest BCUT2D eigenvalue weighted by molar-refractivity contribution is 6.03. The molecule has 1 fully saturated rings. The predicted octanol–water partition coefficient (Wildman–Crippen LogP) is 4.28. The SMILES string of the molecule is CN1c2ccc(C(=O)ON3C(=O)CCC3=O)cc2C(C)(C)C12C=Nc1c(ccc3ccccc13)O2. The zero-order valence-corrected chi connectivity index (χ0v) is 19.6. The molecule has 3 aromatic carbocycles. The number of fused-ring (bicyclic) bond motifs is 4. The maximum Gasteiger partial charge on any atom is 0.363 e. The highest BCUT2D eigenvalue weighted by atomic mass is 16.7. The lowest BCUT2D eigenvalue weighted by Crippen LogP contribution is -2.61. The van der Waals surface area contributed by atoms with Gasteiger partial charge in [-0.1, -0.05) is 30.3 Å². The van der Waals surface area contributed by atoms with Gasteiger partial charge >= 0.3 is 5.97 Å². The Balaban J connectivity index is 1.37. The molecule has 35 heavy (non-hydrogen) atoms. The normalized spacial score (nSPS) is 21.9. The van der Waals surface area contributed by atoms with Gasteiger partial charge < -0.3 is 14.5 Å². The van der Waals surface area contributed by atoms with E-state index in [4.69, 9.17) is 14.6 Å². The van der Waals surface area contributed by atoms with Crippen molar-refractivity contribution >= 4 is 46.1 Å². The number of hydroxylamine groups is 2. The minimum Gasteiger partial charge on any atom is -0.459 e. The van der Waals surface area contributed by atoms with Crippen LogP contribution in [0.15, 0.2) is 59.6 Å². The van der Waals surface area contributed by atoms with Crippen LogP contribution in [0.1, 0.15) is 42.6 Å². The Bertz CT molecular complexity index is 1460. The first kappa shape index (κ1) is 21.3. The summed E-state index contributed by atoms with van der Waals surface area (Å²) in [5.74, 6) is -1.10. The third-order valence-electron chi connectivity index (χ3n) is 7.34. The van der Waals surface area contributed by atoms with Crippen LogP contribution in [-0.4, -0.2) is 41.8 Å². The molecule has 1 unspecified atom stereocenters. The summed E-state index contributed by atoms with van der Waals surface area (Å²) in [6.07, 6.45) is 1.93. The summed E-state index contributed by atoms with van der Waals surface area (Å²) in [7, 11) is 1.94. The molecule has 176 valence electrons. The average Bonchev–Trinajstić information content (AvgIpc) is 3.26. The first-order chi connectivity index (χ1) is 16.7. The van der Waals surface area contributed by atoms with Gasteiger partial charge in [-0.2, -0.15) is 0 Å². The molecular weight excluding hydrogens is 446 g/mol. The Morgan fingerprint density at radius 2 is 1.77 bits per heavy atom. The van der Waals surface area contributed by atoms with Crippen molar-refractivity contribution in [2.24, 2.45) is 4.99 Å². The van der Waals surface area contributed by atoms with Gasteiger partial charge in [-0.15, -0.1) is 5.06 Å². The maximum atomic E-state index is 12.8. The van der Waals surface area contributed by atoms with Crippen molar-refractivity contribution < 1.29 is 24.0 Å². The van der Waals surface area contributed by atoms with Crippen LogP contribution in [0.2, 0.25) is 0 Å². The largest absolute Gasteiger partial charge is 0.459 e. The van der Waals surface area contributed by atoms with Gasteiger partial charge in [0.15, 0.2) is 0 Å². The van der Waals surface area contributed by atoms with Gasteiger partial charge in [0.1, 0.15) is 11.4 Å². The van der Waals surface area contributed by atoms with Gasteiger partial charge in [0.2, 0.25) is 5.72 Å². The molecule has 1 saturated heterocycles. The standard InChI is InChI=1S/C27H23N3O5/c1-26(2)19-14-17(25(33)35-30-22(31)12-13-23(30)32)8-10-20(19)29(3)27(26)15-28-24-18-7-5-4-6-16(18)9-11-21(24)34-27/h4-11,14-15H,12-13H2,1-3H3. The van der Waals surface area contributed by atoms with Crippen LogP contribution in [-0.2, 0) is 19.8 Å². The fraction of sp³-hybridized carbons (Fsp3) is 0.259. The van der Waals surface area contributed by atoms with E-state index in [9.17, 15) is 14.4 Å². The Hall–Kier alpha value is -4.20. The Morgan fingerprint density at radius 1 is 1.03 bits per heavy atom. The van der Waals surface area contributed by atoms with Gasteiger partial charge in [-0.25, -0.2) is 4.79 Å². The topological polar surface area (TPSA) is 88.5 Å². The van der Waals surface area contributed by atoms with E-state index in [1.54, 1.807) is 12.1 Å². The summed E-state index contributed by atoms with van der Waals surface area (Å²) < 4.78 is 6.70. The molecule has 0 radical (unpaired) electrons. The zero-order valence-electron chi connectivity index (χ0n) is 19.6. The lowest BCUT2D eigenvalue weighted by atomic mass is 9.77. The van der Waals surface area contributed by atoms with E-state index in [0.29, 0.717) is 10.8 Å². The number of hydrogen-bond donors (Lipinski definition) is 0. The van der Waals surface area contributed by atoms with Gasteiger partial charge in [0, 0.05) is 31.0 Å². The molecule has 1 spiro atoms. The quantitative estimate of drug-likeness (QED) is 0.521. The van der Waals surface area contributed by atoms with Gasteiger partial charge in [-0.3, -0.25) is 14.6 Å². The number of hydrogen-bond acceptors (Lipinski definition) is 7. The van der Waals surface area contributed by atoms with E-state index in [2.05, 4.69) is 0 Å². The number of imide groups is 1. The molecule has 0 N–H and O–H groups in total. The number of benzene rings is 3. The van der Waals surface area contributed by atoms with Gasteiger partial charge in [-0.05, 0) is 49.1 Å². The van der Waals surface area contributed by atoms with Crippen molar-refractivity contribution in [2.75, 3.05) is 11.9 Å². The number of amides is 2. The second-order valence-corrected chi connectivity index (χ2v) is 9.57. The zero-order chi connectivity index (χ0) is 24.5. The number of anilines is 1. The lowest BCUT2D eigenvalue weighted by molar-refractivity contribution is -0.172. The molecule has 6 rings (SSSR count). The van der Waals surface area contributed by atoms with Crippen LogP contribution in [0.4, 0.5) is 11.4 Å². The highest BCUT2D eigenvalue weighted by Gasteiger charge is 2.58. The molecule has 0 aliphatic carbocycles. The maximum absolute atomic E-state index is 12.8. The molecule has 1 atom stereocenters. The molecule has 3 heterocycles. The van der Waals surface area contributed by atoms with Gasteiger partial charge in [0.25, 0.3) is 11.8 Å². The number of carbonyl (C=O) groups excluding carboxylic acids is 3. The number of rotatable bonds is 2. The van der Waals surface area contributed by atoms with E-state index in [1.807, 2.05) is 74.5 Å². The molecule has 0 bridgehead atoms. The van der Waals surface area contributed by atoms with Crippen molar-refractivity contribution in [3.05, 3.63) is 65.7 Å². The van der Waals surface area contributed by atoms with Crippen LogP contribution in [0.5, 0.6) is 5.75 Å². The van der Waals surface area contributed by atoms with Crippen molar-refractivity contribution in [2.45, 2.75) is 37.8 Å². The monoisotopic (exact) mass is 469 g/mol. The summed E-state index contributed by atoms with van der Waals surface area (Å²) in [5.41, 5.74) is 1.25. The first-order valence-corrected chi connectivity index (χ1v) is 11.5. The molecule has 8 heteroatoms. The average molecular weight is 469 g/mol. The number of likely N-dealkylation sites (N-methyl/N-ethyl adjacent to an activating group) is 1. The third kappa shape index (κ3) is 2.86. The molecule has 0 saturated carbocycles. The third-order valence-corrected chi connectivity index (χ3v) is 7.34. The van der Waals surface area contributed by atoms with Crippen molar-refractivity contribution in [1.82, 2.24) is 5.06 Å². The number of nitrogens with zero attached hydrogens (tertiary/aromatic N) is 3. The second kappa shape index (κ2) is 7.15. The fourth-order valence-electron chi connectivity index (χ4n) is 5.28. The van der Waals surface area contributed by atoms with E-state index < -0.39 is 28.9 Å². The van der Waals surface area contributed by atoms with Crippen LogP contribution < -0.4 is 9.64 Å². The van der Waals surface area contributed by atoms with Crippen molar-refractivity contribution in [3.8, 4) is 5.75 Å². The molecular formula is C27H23N3O5.